The molecule has 0 atom stereocenters. The number of carboxylic acid groups (broad SMARTS) is 1. The summed E-state index contributed by atoms with van der Waals surface area (Å²) >= 11 is 0. The summed E-state index contributed by atoms with van der Waals surface area (Å²) in [6, 6.07) is -0.434. The van der Waals surface area contributed by atoms with E-state index >= 15 is 0 Å². The Kier molecular flexibility index (Phi) is 3.90. The molecule has 0 bridgehead atoms. The molecule has 0 radical (unpaired) electrons. The number of nitrogens with one attached hydrogen (secondary N) is 1. The normalized spacial score (nSPS) is 18.9. The van der Waals surface area contributed by atoms with Crippen LogP contribution in [0.4, 0.5) is 4.79 Å². The number of urea groups is 1. The van der Waals surface area contributed by atoms with Gasteiger partial charge in [-0.2, -0.15) is 0 Å². The highest BCUT2D eigenvalue weighted by Gasteiger charge is 2.44. The van der Waals surface area contributed by atoms with E-state index in [-0.39, 0.29) is 12.5 Å². The van der Waals surface area contributed by atoms with Crippen LogP contribution in [0.3, 0.4) is 0 Å². The van der Waals surface area contributed by atoms with Crippen LogP contribution in [0.5, 0.6) is 0 Å². The van der Waals surface area contributed by atoms with Crippen LogP contribution >= 0.6 is 0 Å². The molecule has 1 rings (SSSR count). The predicted molar refractivity (Wildman–Crippen MR) is 68.7 cm³/mol. The number of likely N-dealkylation sites (N-methyl/N-ethyl adjacent to an activating group) is 1. The number of carbonyl (C=O) groups excluding carboxylic acids is 2. The third-order valence-electron chi connectivity index (χ3n) is 3.58. The molecule has 0 saturated carbocycles. The fraction of sp³-hybridized carbons (Fsp3) is 0.750. The Bertz CT molecular complexity index is 417. The van der Waals surface area contributed by atoms with Crippen LogP contribution in [0.1, 0.15) is 27.7 Å². The molecule has 0 unspecified atom stereocenters. The highest BCUT2D eigenvalue weighted by molar-refractivity contribution is 6.06. The maximum absolute atomic E-state index is 11.9. The Morgan fingerprint density at radius 2 is 1.95 bits per heavy atom. The summed E-state index contributed by atoms with van der Waals surface area (Å²) in [6.45, 7) is 6.89. The van der Waals surface area contributed by atoms with Crippen molar-refractivity contribution in [1.82, 2.24) is 15.1 Å². The standard InChI is InChI=1S/C12H21N3O4/c1-11(2)8(16)15(10(19)13-11)7-6-14(5)12(3,4)9(17)18/h6-7H2,1-5H3,(H,13,19)(H,17,18). The summed E-state index contributed by atoms with van der Waals surface area (Å²) in [5.41, 5.74) is -1.94. The van der Waals surface area contributed by atoms with Gasteiger partial charge in [0.15, 0.2) is 0 Å². The number of carbonyl (C=O) groups is 3. The summed E-state index contributed by atoms with van der Waals surface area (Å²) in [5.74, 6) is -1.24. The second kappa shape index (κ2) is 4.80. The topological polar surface area (TPSA) is 90.0 Å². The van der Waals surface area contributed by atoms with E-state index in [9.17, 15) is 14.4 Å². The van der Waals surface area contributed by atoms with Crippen molar-refractivity contribution in [2.24, 2.45) is 0 Å². The van der Waals surface area contributed by atoms with Gasteiger partial charge in [-0.1, -0.05) is 0 Å². The highest BCUT2D eigenvalue weighted by atomic mass is 16.4. The summed E-state index contributed by atoms with van der Waals surface area (Å²) < 4.78 is 0. The molecule has 0 aromatic rings. The van der Waals surface area contributed by atoms with Crippen molar-refractivity contribution in [1.29, 1.82) is 0 Å². The zero-order valence-electron chi connectivity index (χ0n) is 12.0. The minimum atomic E-state index is -1.05. The minimum Gasteiger partial charge on any atom is -0.480 e. The van der Waals surface area contributed by atoms with E-state index in [0.717, 1.165) is 4.90 Å². The maximum atomic E-state index is 11.9. The highest BCUT2D eigenvalue weighted by Crippen LogP contribution is 2.17. The molecule has 7 nitrogen and oxygen atoms in total. The van der Waals surface area contributed by atoms with E-state index in [2.05, 4.69) is 5.32 Å². The number of rotatable bonds is 5. The van der Waals surface area contributed by atoms with Gasteiger partial charge < -0.3 is 10.4 Å². The van der Waals surface area contributed by atoms with Gasteiger partial charge >= 0.3 is 12.0 Å². The molecule has 19 heavy (non-hydrogen) atoms. The van der Waals surface area contributed by atoms with Crippen molar-refractivity contribution in [3.63, 3.8) is 0 Å². The molecule has 108 valence electrons. The molecule has 0 aromatic carbocycles. The van der Waals surface area contributed by atoms with Crippen LogP contribution in [0.2, 0.25) is 0 Å². The minimum absolute atomic E-state index is 0.168. The SMILES string of the molecule is CN(CCN1C(=O)NC(C)(C)C1=O)C(C)(C)C(=O)O. The number of hydrogen-bond donors (Lipinski definition) is 2. The average molecular weight is 271 g/mol. The third-order valence-corrected chi connectivity index (χ3v) is 3.58. The van der Waals surface area contributed by atoms with Crippen LogP contribution in [0.15, 0.2) is 0 Å². The molecule has 1 fully saturated rings. The molecular weight excluding hydrogens is 250 g/mol. The van der Waals surface area contributed by atoms with Gasteiger partial charge in [0, 0.05) is 13.1 Å². The zero-order valence-corrected chi connectivity index (χ0v) is 12.0. The van der Waals surface area contributed by atoms with Gasteiger partial charge in [0.05, 0.1) is 0 Å². The van der Waals surface area contributed by atoms with Gasteiger partial charge in [0.25, 0.3) is 5.91 Å². The molecule has 7 heteroatoms. The molecule has 0 aliphatic carbocycles. The fourth-order valence-corrected chi connectivity index (χ4v) is 1.71. The Morgan fingerprint density at radius 3 is 2.32 bits per heavy atom. The van der Waals surface area contributed by atoms with E-state index in [1.54, 1.807) is 39.6 Å². The largest absolute Gasteiger partial charge is 0.480 e. The lowest BCUT2D eigenvalue weighted by Crippen LogP contribution is -2.51. The van der Waals surface area contributed by atoms with Crippen molar-refractivity contribution in [3.8, 4) is 0 Å². The molecule has 1 aliphatic heterocycles. The predicted octanol–water partition coefficient (Wildman–Crippen LogP) is 0.112. The summed E-state index contributed by atoms with van der Waals surface area (Å²) in [7, 11) is 1.65. The molecule has 1 saturated heterocycles. The number of imide groups is 1. The van der Waals surface area contributed by atoms with E-state index in [0.29, 0.717) is 6.54 Å². The second-order valence-corrected chi connectivity index (χ2v) is 5.80. The van der Waals surface area contributed by atoms with Crippen molar-refractivity contribution < 1.29 is 19.5 Å². The van der Waals surface area contributed by atoms with Gasteiger partial charge in [-0.15, -0.1) is 0 Å². The van der Waals surface area contributed by atoms with Crippen molar-refractivity contribution >= 4 is 17.9 Å². The first kappa shape index (κ1) is 15.4. The molecule has 1 heterocycles. The molecule has 3 amide bonds. The molecule has 0 spiro atoms. The molecule has 1 aliphatic rings. The summed E-state index contributed by atoms with van der Waals surface area (Å²) in [5, 5.41) is 11.7. The van der Waals surface area contributed by atoms with Crippen LogP contribution in [-0.2, 0) is 9.59 Å². The molecule has 2 N–H and O–H groups in total. The third kappa shape index (κ3) is 2.86. The van der Waals surface area contributed by atoms with Crippen molar-refractivity contribution in [2.75, 3.05) is 20.1 Å². The Balaban J connectivity index is 2.66. The number of nitrogens with zero attached hydrogens (tertiary/aromatic N) is 2. The van der Waals surface area contributed by atoms with E-state index in [1.165, 1.54) is 0 Å². The van der Waals surface area contributed by atoms with Crippen LogP contribution < -0.4 is 5.32 Å². The lowest BCUT2D eigenvalue weighted by molar-refractivity contribution is -0.148. The van der Waals surface area contributed by atoms with E-state index in [1.807, 2.05) is 0 Å². The van der Waals surface area contributed by atoms with Gasteiger partial charge in [-0.05, 0) is 34.7 Å². The molecular formula is C12H21N3O4. The van der Waals surface area contributed by atoms with Crippen molar-refractivity contribution in [3.05, 3.63) is 0 Å². The first-order valence-electron chi connectivity index (χ1n) is 6.09. The van der Waals surface area contributed by atoms with Crippen LogP contribution in [-0.4, -0.2) is 64.0 Å². The second-order valence-electron chi connectivity index (χ2n) is 5.80. The van der Waals surface area contributed by atoms with E-state index < -0.39 is 23.1 Å². The fourth-order valence-electron chi connectivity index (χ4n) is 1.71. The quantitative estimate of drug-likeness (QED) is 0.693. The van der Waals surface area contributed by atoms with Crippen LogP contribution in [0, 0.1) is 0 Å². The number of hydrogen-bond acceptors (Lipinski definition) is 4. The number of amides is 3. The van der Waals surface area contributed by atoms with Gasteiger partial charge in [0.2, 0.25) is 0 Å². The van der Waals surface area contributed by atoms with Gasteiger partial charge in [-0.3, -0.25) is 19.4 Å². The van der Waals surface area contributed by atoms with E-state index in [4.69, 9.17) is 5.11 Å². The Morgan fingerprint density at radius 1 is 1.42 bits per heavy atom. The lowest BCUT2D eigenvalue weighted by atomic mass is 10.0. The molecule has 0 aromatic heterocycles. The summed E-state index contributed by atoms with van der Waals surface area (Å²) in [4.78, 5) is 37.4. The average Bonchev–Trinajstić information content (AvgIpc) is 2.45. The summed E-state index contributed by atoms with van der Waals surface area (Å²) in [6.07, 6.45) is 0. The first-order chi connectivity index (χ1) is 8.50. The lowest BCUT2D eigenvalue weighted by Gasteiger charge is -2.32. The first-order valence-corrected chi connectivity index (χ1v) is 6.09. The Labute approximate surface area is 112 Å². The van der Waals surface area contributed by atoms with Crippen molar-refractivity contribution in [2.45, 2.75) is 38.8 Å². The monoisotopic (exact) mass is 271 g/mol. The smallest absolute Gasteiger partial charge is 0.325 e. The zero-order chi connectivity index (χ0) is 15.0. The van der Waals surface area contributed by atoms with Gasteiger partial charge in [-0.25, -0.2) is 4.79 Å². The Hall–Kier alpha value is -1.63. The van der Waals surface area contributed by atoms with Crippen LogP contribution in [0.25, 0.3) is 0 Å². The maximum Gasteiger partial charge on any atom is 0.325 e. The number of carboxylic acids is 1. The van der Waals surface area contributed by atoms with Gasteiger partial charge in [0.1, 0.15) is 11.1 Å². The number of aliphatic carboxylic acids is 1.